The number of piperazine rings is 1. The number of anilines is 2. The van der Waals surface area contributed by atoms with Gasteiger partial charge in [-0.05, 0) is 44.5 Å². The summed E-state index contributed by atoms with van der Waals surface area (Å²) in [6.45, 7) is 7.72. The molecule has 2 aliphatic heterocycles. The van der Waals surface area contributed by atoms with Crippen molar-refractivity contribution in [2.75, 3.05) is 36.4 Å². The summed E-state index contributed by atoms with van der Waals surface area (Å²) < 4.78 is 7.39. The van der Waals surface area contributed by atoms with Crippen LogP contribution < -0.4 is 10.2 Å². The highest BCUT2D eigenvalue weighted by Crippen LogP contribution is 2.40. The first-order valence-electron chi connectivity index (χ1n) is 9.89. The van der Waals surface area contributed by atoms with Crippen LogP contribution in [0, 0.1) is 0 Å². The van der Waals surface area contributed by atoms with Crippen molar-refractivity contribution in [1.29, 1.82) is 0 Å². The van der Waals surface area contributed by atoms with E-state index < -0.39 is 11.1 Å². The zero-order valence-corrected chi connectivity index (χ0v) is 19.7. The lowest BCUT2D eigenvalue weighted by Gasteiger charge is -2.36. The average molecular weight is 486 g/mol. The summed E-state index contributed by atoms with van der Waals surface area (Å²) in [5.41, 5.74) is 0.143. The average Bonchev–Trinajstić information content (AvgIpc) is 3.06. The topological polar surface area (TPSA) is 75.0 Å². The Morgan fingerprint density at radius 3 is 2.48 bits per heavy atom. The molecule has 1 aromatic carbocycles. The van der Waals surface area contributed by atoms with Crippen LogP contribution >= 0.6 is 34.8 Å². The third-order valence-electron chi connectivity index (χ3n) is 4.88. The van der Waals surface area contributed by atoms with Crippen molar-refractivity contribution in [2.24, 2.45) is 4.99 Å². The van der Waals surface area contributed by atoms with E-state index in [1.165, 1.54) is 0 Å². The number of aromatic nitrogens is 2. The molecular weight excluding hydrogens is 463 g/mol. The van der Waals surface area contributed by atoms with Gasteiger partial charge < -0.3 is 19.9 Å². The summed E-state index contributed by atoms with van der Waals surface area (Å²) in [6.07, 6.45) is -0.316. The molecule has 1 saturated heterocycles. The van der Waals surface area contributed by atoms with Gasteiger partial charge in [-0.15, -0.1) is 0 Å². The molecule has 1 unspecified atom stereocenters. The number of amidine groups is 1. The maximum atomic E-state index is 12.4. The van der Waals surface area contributed by atoms with Gasteiger partial charge in [0.1, 0.15) is 11.3 Å². The Kier molecular flexibility index (Phi) is 5.98. The van der Waals surface area contributed by atoms with E-state index in [0.717, 1.165) is 5.69 Å². The van der Waals surface area contributed by atoms with Gasteiger partial charge in [-0.25, -0.2) is 9.79 Å². The van der Waals surface area contributed by atoms with Gasteiger partial charge in [0.15, 0.2) is 16.6 Å². The minimum absolute atomic E-state index is 0.178. The van der Waals surface area contributed by atoms with Crippen molar-refractivity contribution in [3.05, 3.63) is 35.0 Å². The zero-order valence-electron chi connectivity index (χ0n) is 17.4. The number of halogens is 3. The van der Waals surface area contributed by atoms with E-state index in [9.17, 15) is 4.79 Å². The summed E-state index contributed by atoms with van der Waals surface area (Å²) in [4.78, 5) is 25.2. The molecule has 2 aliphatic rings. The number of para-hydroxylation sites is 1. The zero-order chi connectivity index (χ0) is 22.3. The van der Waals surface area contributed by atoms with Crippen molar-refractivity contribution in [2.45, 2.75) is 31.9 Å². The maximum Gasteiger partial charge on any atom is 0.410 e. The Labute approximate surface area is 195 Å². The van der Waals surface area contributed by atoms with Crippen molar-refractivity contribution < 1.29 is 9.53 Å². The van der Waals surface area contributed by atoms with Gasteiger partial charge in [0.05, 0.1) is 10.7 Å². The molecule has 166 valence electrons. The van der Waals surface area contributed by atoms with Gasteiger partial charge in [0, 0.05) is 26.2 Å². The molecule has 1 aromatic heterocycles. The molecule has 0 aliphatic carbocycles. The number of imidazole rings is 1. The van der Waals surface area contributed by atoms with E-state index in [2.05, 4.69) is 15.2 Å². The molecule has 8 nitrogen and oxygen atoms in total. The van der Waals surface area contributed by atoms with Crippen LogP contribution in [0.1, 0.15) is 32.0 Å². The highest BCUT2D eigenvalue weighted by Gasteiger charge is 2.33. The van der Waals surface area contributed by atoms with Crippen LogP contribution in [0.3, 0.4) is 0 Å². The number of hydrogen-bond donors (Lipinski definition) is 1. The number of aliphatic imine (C=N–C) groups is 1. The Bertz CT molecular complexity index is 1020. The molecule has 1 atom stereocenters. The fourth-order valence-electron chi connectivity index (χ4n) is 3.52. The van der Waals surface area contributed by atoms with Crippen LogP contribution in [0.4, 0.5) is 16.6 Å². The number of alkyl halides is 1. The molecule has 2 aromatic rings. The Morgan fingerprint density at radius 2 is 1.84 bits per heavy atom. The second-order valence-electron chi connectivity index (χ2n) is 8.27. The second-order valence-corrected chi connectivity index (χ2v) is 9.45. The standard InChI is InChI=1S/C20H23Cl3N6O2/c1-20(2,3)31-19(30)28-10-8-27(9-11-28)18-26-16-14(15(22)24-17(23)25-16)29(18)13-7-5-4-6-12(13)21/h4-7,15H,8-11H2,1-3H3,(H,24,25). The minimum atomic E-state index is -0.718. The number of benzene rings is 1. The lowest BCUT2D eigenvalue weighted by Crippen LogP contribution is -2.50. The van der Waals surface area contributed by atoms with Crippen molar-refractivity contribution in [1.82, 2.24) is 14.5 Å². The minimum Gasteiger partial charge on any atom is -0.444 e. The molecule has 1 amide bonds. The van der Waals surface area contributed by atoms with Gasteiger partial charge in [-0.2, -0.15) is 4.98 Å². The van der Waals surface area contributed by atoms with E-state index in [4.69, 9.17) is 44.5 Å². The fourth-order valence-corrected chi connectivity index (χ4v) is 4.28. The van der Waals surface area contributed by atoms with Gasteiger partial charge in [0.2, 0.25) is 5.95 Å². The maximum absolute atomic E-state index is 12.4. The first-order valence-corrected chi connectivity index (χ1v) is 11.1. The molecule has 3 heterocycles. The lowest BCUT2D eigenvalue weighted by atomic mass is 10.2. The van der Waals surface area contributed by atoms with Crippen LogP contribution in [-0.4, -0.2) is 57.6 Å². The molecule has 1 N–H and O–H groups in total. The van der Waals surface area contributed by atoms with Crippen molar-refractivity contribution >= 4 is 58.0 Å². The second kappa shape index (κ2) is 8.41. The van der Waals surface area contributed by atoms with E-state index in [-0.39, 0.29) is 11.4 Å². The van der Waals surface area contributed by atoms with Gasteiger partial charge in [-0.1, -0.05) is 35.3 Å². The summed E-state index contributed by atoms with van der Waals surface area (Å²) in [7, 11) is 0. The molecule has 11 heteroatoms. The molecule has 31 heavy (non-hydrogen) atoms. The highest BCUT2D eigenvalue weighted by atomic mass is 35.5. The number of nitrogens with zero attached hydrogens (tertiary/aromatic N) is 5. The predicted molar refractivity (Wildman–Crippen MR) is 124 cm³/mol. The monoisotopic (exact) mass is 484 g/mol. The first-order chi connectivity index (χ1) is 14.6. The molecule has 0 spiro atoms. The molecular formula is C20H23Cl3N6O2. The molecule has 0 bridgehead atoms. The van der Waals surface area contributed by atoms with Crippen molar-refractivity contribution in [3.8, 4) is 5.69 Å². The van der Waals surface area contributed by atoms with Crippen LogP contribution in [0.2, 0.25) is 5.02 Å². The molecule has 4 rings (SSSR count). The van der Waals surface area contributed by atoms with E-state index in [1.54, 1.807) is 4.90 Å². The third-order valence-corrected chi connectivity index (χ3v) is 5.69. The first kappa shape index (κ1) is 22.0. The van der Waals surface area contributed by atoms with Gasteiger partial charge >= 0.3 is 6.09 Å². The number of ether oxygens (including phenoxy) is 1. The van der Waals surface area contributed by atoms with Crippen LogP contribution in [0.5, 0.6) is 0 Å². The number of nitrogens with one attached hydrogen (secondary N) is 1. The Hall–Kier alpha value is -2.16. The number of carbonyl (C=O) groups excluding carboxylic acids is 1. The molecule has 1 fully saturated rings. The number of rotatable bonds is 2. The molecule has 0 radical (unpaired) electrons. The number of amides is 1. The van der Waals surface area contributed by atoms with E-state index in [1.807, 2.05) is 49.6 Å². The summed E-state index contributed by atoms with van der Waals surface area (Å²) in [5, 5.41) is 3.71. The predicted octanol–water partition coefficient (Wildman–Crippen LogP) is 4.84. The smallest absolute Gasteiger partial charge is 0.410 e. The SMILES string of the molecule is CC(C)(C)OC(=O)N1CCN(c2nc3c(n2-c2ccccc2Cl)C(Cl)N=C(Cl)N3)CC1. The summed E-state index contributed by atoms with van der Waals surface area (Å²) in [5.74, 6) is 1.19. The summed E-state index contributed by atoms with van der Waals surface area (Å²) >= 11 is 19.1. The van der Waals surface area contributed by atoms with Crippen molar-refractivity contribution in [3.63, 3.8) is 0 Å². The number of fused-ring (bicyclic) bond motifs is 1. The Balaban J connectivity index is 1.65. The quantitative estimate of drug-likeness (QED) is 0.487. The Morgan fingerprint density at radius 1 is 1.16 bits per heavy atom. The lowest BCUT2D eigenvalue weighted by molar-refractivity contribution is 0.0240. The van der Waals surface area contributed by atoms with E-state index in [0.29, 0.717) is 48.7 Å². The largest absolute Gasteiger partial charge is 0.444 e. The van der Waals surface area contributed by atoms with Crippen LogP contribution in [0.15, 0.2) is 29.3 Å². The van der Waals surface area contributed by atoms with E-state index >= 15 is 0 Å². The third kappa shape index (κ3) is 4.56. The summed E-state index contributed by atoms with van der Waals surface area (Å²) in [6, 6.07) is 7.46. The molecule has 0 saturated carbocycles. The van der Waals surface area contributed by atoms with Crippen LogP contribution in [-0.2, 0) is 4.74 Å². The number of carbonyl (C=O) groups is 1. The van der Waals surface area contributed by atoms with Gasteiger partial charge in [-0.3, -0.25) is 4.57 Å². The van der Waals surface area contributed by atoms with Gasteiger partial charge in [0.25, 0.3) is 0 Å². The number of hydrogen-bond acceptors (Lipinski definition) is 6. The van der Waals surface area contributed by atoms with Crippen LogP contribution in [0.25, 0.3) is 5.69 Å². The highest BCUT2D eigenvalue weighted by molar-refractivity contribution is 6.67. The fraction of sp³-hybridized carbons (Fsp3) is 0.450. The normalized spacial score (nSPS) is 18.9.